The molecular weight excluding hydrogens is 208 g/mol. The second-order valence-electron chi connectivity index (χ2n) is 2.50. The summed E-state index contributed by atoms with van der Waals surface area (Å²) >= 11 is 7.49. The normalized spacial score (nSPS) is 10.9. The van der Waals surface area contributed by atoms with Crippen molar-refractivity contribution in [2.45, 2.75) is 6.61 Å². The smallest absolute Gasteiger partial charge is 0.157 e. The van der Waals surface area contributed by atoms with Gasteiger partial charge in [-0.15, -0.1) is 11.3 Å². The highest BCUT2D eigenvalue weighted by Gasteiger charge is 2.05. The van der Waals surface area contributed by atoms with Crippen LogP contribution in [-0.4, -0.2) is 17.1 Å². The van der Waals surface area contributed by atoms with E-state index >= 15 is 0 Å². The molecule has 0 aliphatic heterocycles. The maximum Gasteiger partial charge on any atom is 0.157 e. The lowest BCUT2D eigenvalue weighted by Crippen LogP contribution is -1.96. The van der Waals surface area contributed by atoms with Gasteiger partial charge in [-0.1, -0.05) is 11.6 Å². The van der Waals surface area contributed by atoms with Gasteiger partial charge in [-0.05, 0) is 11.4 Å². The third-order valence-corrected chi connectivity index (χ3v) is 2.69. The summed E-state index contributed by atoms with van der Waals surface area (Å²) in [5.74, 6) is 0.627. The molecule has 0 aromatic carbocycles. The molecule has 5 heteroatoms. The lowest BCUT2D eigenvalue weighted by Gasteiger charge is -1.99. The zero-order valence-electron chi connectivity index (χ0n) is 6.95. The lowest BCUT2D eigenvalue weighted by atomic mass is 10.4. The fourth-order valence-corrected chi connectivity index (χ4v) is 2.14. The molecule has 2 aromatic heterocycles. The van der Waals surface area contributed by atoms with Gasteiger partial charge in [0.05, 0.1) is 0 Å². The maximum atomic E-state index is 5.94. The Kier molecular flexibility index (Phi) is 2.44. The molecule has 0 amide bonds. The monoisotopic (exact) mass is 214 g/mol. The van der Waals surface area contributed by atoms with Crippen LogP contribution in [0.2, 0.25) is 5.15 Å². The minimum atomic E-state index is 0.396. The summed E-state index contributed by atoms with van der Waals surface area (Å²) in [7, 11) is 1.61. The van der Waals surface area contributed by atoms with E-state index in [-0.39, 0.29) is 0 Å². The molecule has 2 rings (SSSR count). The largest absolute Gasteiger partial charge is 0.377 e. The Balaban J connectivity index is 2.56. The highest BCUT2D eigenvalue weighted by molar-refractivity contribution is 7.16. The zero-order valence-corrected chi connectivity index (χ0v) is 8.52. The molecule has 2 aromatic rings. The molecule has 0 atom stereocenters. The lowest BCUT2D eigenvalue weighted by molar-refractivity contribution is 0.178. The average molecular weight is 215 g/mol. The van der Waals surface area contributed by atoms with Crippen LogP contribution >= 0.6 is 22.9 Å². The third kappa shape index (κ3) is 1.65. The van der Waals surface area contributed by atoms with Crippen molar-refractivity contribution in [2.24, 2.45) is 0 Å². The standard InChI is InChI=1S/C8H7ClN2OS/c1-12-4-6-10-7(9)5-2-3-13-8(5)11-6/h2-3H,4H2,1H3. The van der Waals surface area contributed by atoms with Crippen molar-refractivity contribution in [3.8, 4) is 0 Å². The third-order valence-electron chi connectivity index (χ3n) is 1.60. The molecule has 0 aliphatic rings. The van der Waals surface area contributed by atoms with Crippen LogP contribution in [0, 0.1) is 0 Å². The Morgan fingerprint density at radius 3 is 3.15 bits per heavy atom. The SMILES string of the molecule is COCc1nc(Cl)c2ccsc2n1. The minimum absolute atomic E-state index is 0.396. The van der Waals surface area contributed by atoms with E-state index < -0.39 is 0 Å². The van der Waals surface area contributed by atoms with Crippen LogP contribution in [0.1, 0.15) is 5.82 Å². The van der Waals surface area contributed by atoms with Gasteiger partial charge < -0.3 is 4.74 Å². The predicted octanol–water partition coefficient (Wildman–Crippen LogP) is 2.49. The minimum Gasteiger partial charge on any atom is -0.377 e. The second kappa shape index (κ2) is 3.57. The Morgan fingerprint density at radius 2 is 2.38 bits per heavy atom. The Morgan fingerprint density at radius 1 is 1.54 bits per heavy atom. The van der Waals surface area contributed by atoms with Crippen LogP contribution in [-0.2, 0) is 11.3 Å². The van der Waals surface area contributed by atoms with Crippen molar-refractivity contribution >= 4 is 33.2 Å². The van der Waals surface area contributed by atoms with Crippen molar-refractivity contribution in [1.82, 2.24) is 9.97 Å². The van der Waals surface area contributed by atoms with Gasteiger partial charge in [0.25, 0.3) is 0 Å². The number of fused-ring (bicyclic) bond motifs is 1. The second-order valence-corrected chi connectivity index (χ2v) is 3.76. The maximum absolute atomic E-state index is 5.94. The van der Waals surface area contributed by atoms with Gasteiger partial charge in [0, 0.05) is 12.5 Å². The summed E-state index contributed by atoms with van der Waals surface area (Å²) in [6.07, 6.45) is 0. The number of nitrogens with zero attached hydrogens (tertiary/aromatic N) is 2. The Hall–Kier alpha value is -0.710. The fourth-order valence-electron chi connectivity index (χ4n) is 1.05. The van der Waals surface area contributed by atoms with Gasteiger partial charge in [-0.2, -0.15) is 0 Å². The molecule has 0 saturated carbocycles. The van der Waals surface area contributed by atoms with E-state index in [0.29, 0.717) is 17.6 Å². The van der Waals surface area contributed by atoms with Crippen molar-refractivity contribution in [1.29, 1.82) is 0 Å². The first-order chi connectivity index (χ1) is 6.31. The molecule has 68 valence electrons. The first-order valence-electron chi connectivity index (χ1n) is 3.70. The number of rotatable bonds is 2. The van der Waals surface area contributed by atoms with Gasteiger partial charge in [-0.25, -0.2) is 9.97 Å². The summed E-state index contributed by atoms with van der Waals surface area (Å²) in [5.41, 5.74) is 0. The number of methoxy groups -OCH3 is 1. The molecule has 3 nitrogen and oxygen atoms in total. The van der Waals surface area contributed by atoms with Gasteiger partial charge in [0.1, 0.15) is 16.6 Å². The van der Waals surface area contributed by atoms with Crippen LogP contribution < -0.4 is 0 Å². The Bertz CT molecular complexity index is 429. The van der Waals surface area contributed by atoms with E-state index in [4.69, 9.17) is 16.3 Å². The summed E-state index contributed by atoms with van der Waals surface area (Å²) in [6.45, 7) is 0.396. The van der Waals surface area contributed by atoms with Crippen molar-refractivity contribution in [3.05, 3.63) is 22.4 Å². The van der Waals surface area contributed by atoms with E-state index in [0.717, 1.165) is 10.2 Å². The summed E-state index contributed by atoms with van der Waals surface area (Å²) in [6, 6.07) is 1.92. The van der Waals surface area contributed by atoms with Gasteiger partial charge in [0.15, 0.2) is 5.82 Å². The van der Waals surface area contributed by atoms with Crippen LogP contribution in [0.4, 0.5) is 0 Å². The summed E-state index contributed by atoms with van der Waals surface area (Å²) < 4.78 is 4.93. The number of hydrogen-bond acceptors (Lipinski definition) is 4. The van der Waals surface area contributed by atoms with E-state index in [1.807, 2.05) is 11.4 Å². The number of halogens is 1. The first-order valence-corrected chi connectivity index (χ1v) is 4.95. The van der Waals surface area contributed by atoms with E-state index in [1.165, 1.54) is 0 Å². The van der Waals surface area contributed by atoms with Gasteiger partial charge in [0.2, 0.25) is 0 Å². The molecule has 0 radical (unpaired) electrons. The number of ether oxygens (including phenoxy) is 1. The van der Waals surface area contributed by atoms with Crippen molar-refractivity contribution in [2.75, 3.05) is 7.11 Å². The molecule has 13 heavy (non-hydrogen) atoms. The molecule has 0 bridgehead atoms. The Labute approximate surface area is 84.3 Å². The highest BCUT2D eigenvalue weighted by Crippen LogP contribution is 2.24. The van der Waals surface area contributed by atoms with Crippen LogP contribution in [0.15, 0.2) is 11.4 Å². The number of thiophene rings is 1. The average Bonchev–Trinajstić information content (AvgIpc) is 2.53. The summed E-state index contributed by atoms with van der Waals surface area (Å²) in [5, 5.41) is 3.35. The fraction of sp³-hybridized carbons (Fsp3) is 0.250. The topological polar surface area (TPSA) is 35.0 Å². The predicted molar refractivity (Wildman–Crippen MR) is 53.1 cm³/mol. The number of hydrogen-bond donors (Lipinski definition) is 0. The molecule has 0 aliphatic carbocycles. The van der Waals surface area contributed by atoms with Crippen LogP contribution in [0.5, 0.6) is 0 Å². The van der Waals surface area contributed by atoms with Crippen LogP contribution in [0.25, 0.3) is 10.2 Å². The molecule has 0 N–H and O–H groups in total. The van der Waals surface area contributed by atoms with Crippen LogP contribution in [0.3, 0.4) is 0 Å². The van der Waals surface area contributed by atoms with Crippen molar-refractivity contribution in [3.63, 3.8) is 0 Å². The molecule has 2 heterocycles. The number of aromatic nitrogens is 2. The van der Waals surface area contributed by atoms with E-state index in [2.05, 4.69) is 9.97 Å². The molecule has 0 spiro atoms. The van der Waals surface area contributed by atoms with Crippen molar-refractivity contribution < 1.29 is 4.74 Å². The molecule has 0 fully saturated rings. The molecule has 0 unspecified atom stereocenters. The highest BCUT2D eigenvalue weighted by atomic mass is 35.5. The molecule has 0 saturated heterocycles. The van der Waals surface area contributed by atoms with E-state index in [1.54, 1.807) is 18.4 Å². The molecular formula is C8H7ClN2OS. The zero-order chi connectivity index (χ0) is 9.26. The first kappa shape index (κ1) is 8.87. The summed E-state index contributed by atoms with van der Waals surface area (Å²) in [4.78, 5) is 9.29. The van der Waals surface area contributed by atoms with Gasteiger partial charge in [-0.3, -0.25) is 0 Å². The van der Waals surface area contributed by atoms with E-state index in [9.17, 15) is 0 Å². The van der Waals surface area contributed by atoms with Gasteiger partial charge >= 0.3 is 0 Å². The quantitative estimate of drug-likeness (QED) is 0.721.